The van der Waals surface area contributed by atoms with Crippen molar-refractivity contribution >= 4 is 23.6 Å². The molecule has 79 heavy (non-hydrogen) atoms. The highest BCUT2D eigenvalue weighted by Gasteiger charge is 2.25. The van der Waals surface area contributed by atoms with Gasteiger partial charge in [0.05, 0.1) is 0 Å². The highest BCUT2D eigenvalue weighted by Crippen LogP contribution is 2.33. The molecule has 0 saturated heterocycles. The molecule has 0 aromatic rings. The molecular weight excluding hydrogens is 973 g/mol. The van der Waals surface area contributed by atoms with Gasteiger partial charge in [-0.15, -0.1) is 0 Å². The molecule has 6 fully saturated rings. The molecule has 0 heterocycles. The number of hydrogen-bond donors (Lipinski definition) is 4. The van der Waals surface area contributed by atoms with Gasteiger partial charge < -0.3 is 21.3 Å². The van der Waals surface area contributed by atoms with Crippen molar-refractivity contribution in [3.63, 3.8) is 0 Å². The number of hydrogen-bond acceptors (Lipinski definition) is 4. The van der Waals surface area contributed by atoms with E-state index in [4.69, 9.17) is 0 Å². The van der Waals surface area contributed by atoms with E-state index >= 15 is 0 Å². The molecule has 6 aliphatic rings. The van der Waals surface area contributed by atoms with Gasteiger partial charge in [0.2, 0.25) is 23.6 Å². The van der Waals surface area contributed by atoms with Gasteiger partial charge in [-0.2, -0.15) is 0 Å². The third-order valence-corrected chi connectivity index (χ3v) is 16.6. The summed E-state index contributed by atoms with van der Waals surface area (Å²) in [6, 6.07) is 0.912. The molecule has 0 atom stereocenters. The van der Waals surface area contributed by atoms with Gasteiger partial charge in [0.15, 0.2) is 0 Å². The van der Waals surface area contributed by atoms with E-state index in [1.807, 2.05) is 96.9 Å². The van der Waals surface area contributed by atoms with Crippen LogP contribution in [0.15, 0.2) is 0 Å². The van der Waals surface area contributed by atoms with Gasteiger partial charge in [-0.1, -0.05) is 230 Å². The van der Waals surface area contributed by atoms with Crippen LogP contribution in [-0.2, 0) is 19.2 Å². The first-order chi connectivity index (χ1) is 37.8. The van der Waals surface area contributed by atoms with Crippen LogP contribution in [0.5, 0.6) is 0 Å². The SMILES string of the molecule is CC.CC.CC.CC.CC.CC.CC(=O)NC1CCC(C)CC1.CC(C)CCC1CCC(C)CC1.CC1CCC(NC(=O)C(C)C)CC1.CCC1CCC(C)CC1.CNC(=O)C1CCC(C)CC1.CNC(=O)C1CCC(C)CC1. The molecule has 6 aliphatic carbocycles. The second-order valence-corrected chi connectivity index (χ2v) is 24.1. The van der Waals surface area contributed by atoms with Gasteiger partial charge in [-0.05, 0) is 156 Å². The number of carbonyl (C=O) groups excluding carboxylic acids is 4. The highest BCUT2D eigenvalue weighted by atomic mass is 16.2. The summed E-state index contributed by atoms with van der Waals surface area (Å²) in [5.41, 5.74) is 0. The van der Waals surface area contributed by atoms with Gasteiger partial charge in [0.1, 0.15) is 0 Å². The van der Waals surface area contributed by atoms with E-state index < -0.39 is 0 Å². The smallest absolute Gasteiger partial charge is 0.222 e. The van der Waals surface area contributed by atoms with Crippen LogP contribution >= 0.6 is 0 Å². The number of rotatable bonds is 9. The maximum atomic E-state index is 11.4. The van der Waals surface area contributed by atoms with Crippen molar-refractivity contribution in [3.8, 4) is 0 Å². The maximum Gasteiger partial charge on any atom is 0.222 e. The van der Waals surface area contributed by atoms with Crippen molar-refractivity contribution in [1.29, 1.82) is 0 Å². The Labute approximate surface area is 498 Å². The van der Waals surface area contributed by atoms with E-state index in [9.17, 15) is 19.2 Å². The van der Waals surface area contributed by atoms with E-state index in [1.165, 1.54) is 148 Å². The first kappa shape index (κ1) is 88.1. The zero-order chi connectivity index (χ0) is 62.3. The van der Waals surface area contributed by atoms with Crippen molar-refractivity contribution in [2.75, 3.05) is 14.1 Å². The third-order valence-electron chi connectivity index (χ3n) is 16.6. The number of carbonyl (C=O) groups is 4. The molecule has 8 nitrogen and oxygen atoms in total. The van der Waals surface area contributed by atoms with Crippen LogP contribution in [0.1, 0.15) is 340 Å². The summed E-state index contributed by atoms with van der Waals surface area (Å²) in [4.78, 5) is 44.4. The number of nitrogens with one attached hydrogen (secondary N) is 4. The molecule has 0 bridgehead atoms. The summed E-state index contributed by atoms with van der Waals surface area (Å²) in [6.45, 7) is 50.4. The Bertz CT molecular complexity index is 1220. The average molecular weight is 1120 g/mol. The molecule has 0 spiro atoms. The molecule has 8 heteroatoms. The van der Waals surface area contributed by atoms with E-state index in [0.717, 1.165) is 78.9 Å². The van der Waals surface area contributed by atoms with Crippen LogP contribution in [-0.4, -0.2) is 49.8 Å². The quantitative estimate of drug-likeness (QED) is 0.184. The fourth-order valence-electron chi connectivity index (χ4n) is 10.8. The van der Waals surface area contributed by atoms with Crippen molar-refractivity contribution in [1.82, 2.24) is 21.3 Å². The number of amides is 4. The Morgan fingerprint density at radius 3 is 0.873 bits per heavy atom. The molecule has 0 aromatic heterocycles. The van der Waals surface area contributed by atoms with Crippen LogP contribution in [0, 0.1) is 71.0 Å². The van der Waals surface area contributed by atoms with Crippen LogP contribution in [0.4, 0.5) is 0 Å². The lowest BCUT2D eigenvalue weighted by Gasteiger charge is -2.27. The summed E-state index contributed by atoms with van der Waals surface area (Å²) in [5.74, 6) is 9.98. The molecule has 6 saturated carbocycles. The summed E-state index contributed by atoms with van der Waals surface area (Å²) in [5, 5.41) is 11.5. The van der Waals surface area contributed by atoms with E-state index in [-0.39, 0.29) is 29.5 Å². The van der Waals surface area contributed by atoms with Crippen molar-refractivity contribution in [2.24, 2.45) is 71.0 Å². The molecule has 0 unspecified atom stereocenters. The molecule has 6 rings (SSSR count). The van der Waals surface area contributed by atoms with Gasteiger partial charge >= 0.3 is 0 Å². The zero-order valence-electron chi connectivity index (χ0n) is 58.8. The second kappa shape index (κ2) is 61.9. The molecular formula is C71H150N4O4. The Morgan fingerprint density at radius 2 is 0.633 bits per heavy atom. The van der Waals surface area contributed by atoms with Crippen LogP contribution in [0.2, 0.25) is 0 Å². The first-order valence-corrected chi connectivity index (χ1v) is 34.8. The molecule has 0 aliphatic heterocycles. The fraction of sp³-hybridized carbons (Fsp3) is 0.944. The fourth-order valence-corrected chi connectivity index (χ4v) is 10.8. The third kappa shape index (κ3) is 52.4. The summed E-state index contributed by atoms with van der Waals surface area (Å²) < 4.78 is 0. The first-order valence-electron chi connectivity index (χ1n) is 34.8. The maximum absolute atomic E-state index is 11.4. The van der Waals surface area contributed by atoms with E-state index in [1.54, 1.807) is 21.0 Å². The van der Waals surface area contributed by atoms with Crippen LogP contribution in [0.3, 0.4) is 0 Å². The summed E-state index contributed by atoms with van der Waals surface area (Å²) in [6.07, 6.45) is 35.3. The topological polar surface area (TPSA) is 116 Å². The van der Waals surface area contributed by atoms with Crippen molar-refractivity contribution in [2.45, 2.75) is 352 Å². The summed E-state index contributed by atoms with van der Waals surface area (Å²) >= 11 is 0. The second-order valence-electron chi connectivity index (χ2n) is 24.1. The van der Waals surface area contributed by atoms with Crippen molar-refractivity contribution in [3.05, 3.63) is 0 Å². The van der Waals surface area contributed by atoms with Crippen LogP contribution in [0.25, 0.3) is 0 Å². The average Bonchev–Trinajstić information content (AvgIpc) is 3.48. The lowest BCUT2D eigenvalue weighted by Crippen LogP contribution is -2.39. The van der Waals surface area contributed by atoms with Gasteiger partial charge in [0, 0.05) is 50.9 Å². The zero-order valence-corrected chi connectivity index (χ0v) is 58.8. The lowest BCUT2D eigenvalue weighted by atomic mass is 9.80. The minimum atomic E-state index is 0.115. The Balaban J connectivity index is -0.000000195. The van der Waals surface area contributed by atoms with Gasteiger partial charge in [0.25, 0.3) is 0 Å². The predicted octanol–water partition coefficient (Wildman–Crippen LogP) is 20.8. The lowest BCUT2D eigenvalue weighted by molar-refractivity contribution is -0.126. The highest BCUT2D eigenvalue weighted by molar-refractivity contribution is 5.79. The molecule has 0 aromatic carbocycles. The molecule has 0 radical (unpaired) electrons. The van der Waals surface area contributed by atoms with E-state index in [2.05, 4.69) is 83.6 Å². The molecule has 4 amide bonds. The summed E-state index contributed by atoms with van der Waals surface area (Å²) in [7, 11) is 3.45. The standard InChI is InChI=1S/C12H24.C11H21NO.3C9H17NO.C9H18.6C2H6/c1-10(2)4-7-12-8-5-11(3)6-9-12;1-8(2)11(13)12-10-6-4-9(3)5-7-10;2*1-7-3-5-8(6-4-7)9(11)10-2;1-7-3-5-9(6-4-7)10-8(2)11;1-3-9-6-4-8(2)5-7-9;6*1-2/h10-12H,4-9H2,1-3H3;8-10H,4-7H2,1-3H3,(H,12,13);2*7-8H,3-6H2,1-2H3,(H,10,11);7,9H,3-6H2,1-2H3,(H,10,11);8-9H,3-7H2,1-2H3;6*1-2H3. The minimum absolute atomic E-state index is 0.115. The predicted molar refractivity (Wildman–Crippen MR) is 355 cm³/mol. The molecule has 4 N–H and O–H groups in total. The van der Waals surface area contributed by atoms with Gasteiger partial charge in [-0.25, -0.2) is 0 Å². The minimum Gasteiger partial charge on any atom is -0.359 e. The van der Waals surface area contributed by atoms with Crippen LogP contribution < -0.4 is 21.3 Å². The monoisotopic (exact) mass is 1120 g/mol. The van der Waals surface area contributed by atoms with E-state index in [0.29, 0.717) is 23.9 Å². The van der Waals surface area contributed by atoms with Gasteiger partial charge in [-0.3, -0.25) is 19.2 Å². The normalized spacial score (nSPS) is 27.2. The Kier molecular flexibility index (Phi) is 69.1. The Morgan fingerprint density at radius 1 is 0.380 bits per heavy atom. The molecule has 478 valence electrons. The van der Waals surface area contributed by atoms with Crippen molar-refractivity contribution < 1.29 is 19.2 Å². The Hall–Kier alpha value is -2.12. The largest absolute Gasteiger partial charge is 0.359 e.